The van der Waals surface area contributed by atoms with Gasteiger partial charge in [-0.1, -0.05) is 12.1 Å². The lowest BCUT2D eigenvalue weighted by Crippen LogP contribution is -2.44. The van der Waals surface area contributed by atoms with Crippen LogP contribution in [0.25, 0.3) is 0 Å². The predicted molar refractivity (Wildman–Crippen MR) is 172 cm³/mol. The maximum Gasteiger partial charge on any atom is 0.272 e. The van der Waals surface area contributed by atoms with E-state index in [0.29, 0.717) is 48.5 Å². The van der Waals surface area contributed by atoms with Gasteiger partial charge in [0.05, 0.1) is 24.3 Å². The maximum absolute atomic E-state index is 13.2. The van der Waals surface area contributed by atoms with Gasteiger partial charge in [0.1, 0.15) is 29.0 Å². The monoisotopic (exact) mass is 608 g/mol. The number of nitrogens with zero attached hydrogens (tertiary/aromatic N) is 5. The first kappa shape index (κ1) is 31.7. The highest BCUT2D eigenvalue weighted by atomic mass is 16.5. The Kier molecular flexibility index (Phi) is 10.4. The Hall–Kier alpha value is -4.75. The first-order valence-corrected chi connectivity index (χ1v) is 15.5. The molecule has 2 amide bonds. The quantitative estimate of drug-likeness (QED) is 0.334. The van der Waals surface area contributed by atoms with Crippen LogP contribution in [0, 0.1) is 11.3 Å². The number of hydrogen-bond donors (Lipinski definition) is 1. The van der Waals surface area contributed by atoms with Crippen molar-refractivity contribution >= 4 is 23.2 Å². The molecule has 2 saturated heterocycles. The number of methoxy groups -OCH3 is 1. The van der Waals surface area contributed by atoms with Crippen LogP contribution in [0.2, 0.25) is 0 Å². The number of rotatable bonds is 9. The van der Waals surface area contributed by atoms with Gasteiger partial charge in [0.25, 0.3) is 11.8 Å². The highest BCUT2D eigenvalue weighted by molar-refractivity contribution is 5.96. The lowest BCUT2D eigenvalue weighted by molar-refractivity contribution is 0.0590. The zero-order valence-corrected chi connectivity index (χ0v) is 26.2. The Morgan fingerprint density at radius 1 is 1.00 bits per heavy atom. The molecule has 3 heterocycles. The minimum absolute atomic E-state index is 0.0320. The van der Waals surface area contributed by atoms with Crippen LogP contribution in [-0.2, 0) is 6.54 Å². The number of aromatic nitrogens is 1. The van der Waals surface area contributed by atoms with Crippen molar-refractivity contribution in [3.8, 4) is 17.6 Å². The Bertz CT molecular complexity index is 1540. The number of amides is 2. The largest absolute Gasteiger partial charge is 0.497 e. The molecule has 0 aliphatic carbocycles. The zero-order chi connectivity index (χ0) is 31.8. The van der Waals surface area contributed by atoms with E-state index in [2.05, 4.69) is 26.3 Å². The molecule has 5 rings (SSSR count). The topological polar surface area (TPSA) is 120 Å². The van der Waals surface area contributed by atoms with Gasteiger partial charge in [0, 0.05) is 69.6 Å². The van der Waals surface area contributed by atoms with Crippen molar-refractivity contribution in [2.75, 3.05) is 33.3 Å². The Balaban J connectivity index is 1.07. The number of carbonyl (C=O) groups excluding carboxylic acids is 2. The number of nitrogens with one attached hydrogen (secondary N) is 1. The van der Waals surface area contributed by atoms with Crippen LogP contribution in [0.15, 0.2) is 65.8 Å². The highest BCUT2D eigenvalue weighted by Crippen LogP contribution is 2.34. The summed E-state index contributed by atoms with van der Waals surface area (Å²) in [5.41, 5.74) is 4.25. The summed E-state index contributed by atoms with van der Waals surface area (Å²) < 4.78 is 11.6. The second kappa shape index (κ2) is 14.8. The first-order valence-electron chi connectivity index (χ1n) is 15.5. The molecule has 0 unspecified atom stereocenters. The van der Waals surface area contributed by atoms with Crippen LogP contribution in [0.3, 0.4) is 0 Å². The van der Waals surface area contributed by atoms with E-state index in [1.165, 1.54) is 11.8 Å². The number of carbonyl (C=O) groups is 2. The van der Waals surface area contributed by atoms with Crippen molar-refractivity contribution < 1.29 is 19.1 Å². The van der Waals surface area contributed by atoms with Gasteiger partial charge in [0.2, 0.25) is 0 Å². The van der Waals surface area contributed by atoms with Crippen molar-refractivity contribution in [1.82, 2.24) is 20.1 Å². The van der Waals surface area contributed by atoms with Gasteiger partial charge in [-0.25, -0.2) is 0 Å². The van der Waals surface area contributed by atoms with Crippen LogP contribution >= 0.6 is 0 Å². The molecule has 45 heavy (non-hydrogen) atoms. The molecule has 10 nitrogen and oxygen atoms in total. The summed E-state index contributed by atoms with van der Waals surface area (Å²) >= 11 is 0. The number of likely N-dealkylation sites (tertiary alicyclic amines) is 2. The molecule has 1 aromatic heterocycles. The molecule has 0 spiro atoms. The van der Waals surface area contributed by atoms with Crippen LogP contribution in [0.4, 0.5) is 5.69 Å². The minimum atomic E-state index is -0.175. The Morgan fingerprint density at radius 3 is 2.36 bits per heavy atom. The predicted octanol–water partition coefficient (Wildman–Crippen LogP) is 5.15. The second-order valence-corrected chi connectivity index (χ2v) is 11.8. The van der Waals surface area contributed by atoms with E-state index in [9.17, 15) is 9.59 Å². The third-order valence-corrected chi connectivity index (χ3v) is 8.19. The van der Waals surface area contributed by atoms with Crippen LogP contribution in [0.1, 0.15) is 71.5 Å². The molecule has 0 saturated carbocycles. The van der Waals surface area contributed by atoms with Gasteiger partial charge in [-0.05, 0) is 68.7 Å². The van der Waals surface area contributed by atoms with Crippen LogP contribution in [0.5, 0.6) is 11.5 Å². The number of ether oxygens (including phenoxy) is 2. The molecule has 0 bridgehead atoms. The molecule has 2 fully saturated rings. The Labute approximate surface area is 264 Å². The van der Waals surface area contributed by atoms with Gasteiger partial charge >= 0.3 is 0 Å². The van der Waals surface area contributed by atoms with E-state index >= 15 is 0 Å². The summed E-state index contributed by atoms with van der Waals surface area (Å²) in [7, 11) is 1.62. The smallest absolute Gasteiger partial charge is 0.272 e. The zero-order valence-electron chi connectivity index (χ0n) is 26.2. The number of piperidine rings is 2. The minimum Gasteiger partial charge on any atom is -0.497 e. The molecule has 0 radical (unpaired) electrons. The molecule has 2 aliphatic heterocycles. The van der Waals surface area contributed by atoms with Gasteiger partial charge < -0.3 is 19.7 Å². The van der Waals surface area contributed by atoms with Crippen molar-refractivity contribution in [2.24, 2.45) is 4.99 Å². The first-order chi connectivity index (χ1) is 21.8. The normalized spacial score (nSPS) is 16.0. The summed E-state index contributed by atoms with van der Waals surface area (Å²) in [5.74, 6) is 1.10. The number of aliphatic imine (C=N–C) groups is 1. The van der Waals surface area contributed by atoms with Crippen molar-refractivity contribution in [2.45, 2.75) is 58.2 Å². The number of nitriles is 1. The standard InChI is InChI=1S/C35H40N6O4/c1-24(2)38-32-20-30(44-3)9-11-33(32)45-29-14-18-41(19-15-29)35(43)31-10-8-27(22-37-31)34(42)39-28-12-16-40(17-13-28)23-26-6-4-25(21-36)5-7-26/h4-11,20,22,28-29H,12-19,23H2,1-3H3,(H,39,42). The van der Waals surface area contributed by atoms with Crippen molar-refractivity contribution in [3.05, 3.63) is 83.2 Å². The summed E-state index contributed by atoms with van der Waals surface area (Å²) in [6, 6.07) is 18.8. The molecule has 2 aliphatic rings. The Morgan fingerprint density at radius 2 is 1.73 bits per heavy atom. The average molecular weight is 609 g/mol. The molecular weight excluding hydrogens is 568 g/mol. The van der Waals surface area contributed by atoms with Gasteiger partial charge in [-0.2, -0.15) is 5.26 Å². The van der Waals surface area contributed by atoms with E-state index in [1.54, 1.807) is 24.1 Å². The van der Waals surface area contributed by atoms with E-state index in [0.717, 1.165) is 49.6 Å². The van der Waals surface area contributed by atoms with Crippen LogP contribution < -0.4 is 14.8 Å². The van der Waals surface area contributed by atoms with Crippen molar-refractivity contribution in [1.29, 1.82) is 5.26 Å². The number of hydrogen-bond acceptors (Lipinski definition) is 8. The molecule has 234 valence electrons. The van der Waals surface area contributed by atoms with Crippen molar-refractivity contribution in [3.63, 3.8) is 0 Å². The third kappa shape index (κ3) is 8.46. The summed E-state index contributed by atoms with van der Waals surface area (Å²) in [6.07, 6.45) is 4.56. The maximum atomic E-state index is 13.2. The molecule has 2 aromatic carbocycles. The SMILES string of the molecule is COc1ccc(OC2CCN(C(=O)c3ccc(C(=O)NC4CCN(Cc5ccc(C#N)cc5)CC4)cn3)CC2)c(N=C(C)C)c1. The molecular formula is C35H40N6O4. The molecule has 1 N–H and O–H groups in total. The average Bonchev–Trinajstić information content (AvgIpc) is 3.06. The van der Waals surface area contributed by atoms with Gasteiger partial charge in [-0.15, -0.1) is 0 Å². The van der Waals surface area contributed by atoms with Crippen LogP contribution in [-0.4, -0.2) is 77.7 Å². The highest BCUT2D eigenvalue weighted by Gasteiger charge is 2.27. The van der Waals surface area contributed by atoms with E-state index < -0.39 is 0 Å². The van der Waals surface area contributed by atoms with Gasteiger partial charge in [-0.3, -0.25) is 24.5 Å². The van der Waals surface area contributed by atoms with Gasteiger partial charge in [0.15, 0.2) is 0 Å². The fraction of sp³-hybridized carbons (Fsp3) is 0.400. The summed E-state index contributed by atoms with van der Waals surface area (Å²) in [6.45, 7) is 7.57. The molecule has 3 aromatic rings. The third-order valence-electron chi connectivity index (χ3n) is 8.19. The molecule has 10 heteroatoms. The van der Waals surface area contributed by atoms with E-state index in [1.807, 2.05) is 56.3 Å². The lowest BCUT2D eigenvalue weighted by Gasteiger charge is -2.32. The molecule has 0 atom stereocenters. The van der Waals surface area contributed by atoms with E-state index in [-0.39, 0.29) is 24.0 Å². The summed E-state index contributed by atoms with van der Waals surface area (Å²) in [5, 5.41) is 12.1. The van der Waals surface area contributed by atoms with E-state index in [4.69, 9.17) is 14.7 Å². The number of benzene rings is 2. The number of pyridine rings is 1. The summed E-state index contributed by atoms with van der Waals surface area (Å²) in [4.78, 5) is 39.2. The fourth-order valence-corrected chi connectivity index (χ4v) is 5.67. The fourth-order valence-electron chi connectivity index (χ4n) is 5.67. The lowest BCUT2D eigenvalue weighted by atomic mass is 10.0. The second-order valence-electron chi connectivity index (χ2n) is 11.8.